The molecule has 6 nitrogen and oxygen atoms in total. The van der Waals surface area contributed by atoms with Gasteiger partial charge >= 0.3 is 0 Å². The Morgan fingerprint density at radius 3 is 2.39 bits per heavy atom. The maximum atomic E-state index is 6.21. The molecule has 0 amide bonds. The number of hydrogen-bond donors (Lipinski definition) is 0. The number of hydrogen-bond acceptors (Lipinski definition) is 5. The molecule has 6 rings (SSSR count). The van der Waals surface area contributed by atoms with Crippen molar-refractivity contribution in [3.05, 3.63) is 90.3 Å². The van der Waals surface area contributed by atoms with Crippen LogP contribution in [0.25, 0.3) is 27.5 Å². The molecular weight excluding hydrogens is 470 g/mol. The molecule has 0 radical (unpaired) electrons. The number of ether oxygens (including phenoxy) is 1. The molecule has 0 atom stereocenters. The normalized spacial score (nSPS) is 14.6. The SMILES string of the molecule is Cc1nn2c(N3CCN(CCOc4cccc5ccccc45)CC3)cc(C(C)C)nc2c1-c1ccccc1. The van der Waals surface area contributed by atoms with Crippen LogP contribution in [0.1, 0.15) is 31.2 Å². The minimum atomic E-state index is 0.338. The van der Waals surface area contributed by atoms with Gasteiger partial charge in [0, 0.05) is 55.4 Å². The van der Waals surface area contributed by atoms with Crippen LogP contribution in [0.3, 0.4) is 0 Å². The van der Waals surface area contributed by atoms with Crippen molar-refractivity contribution in [3.63, 3.8) is 0 Å². The van der Waals surface area contributed by atoms with Crippen molar-refractivity contribution in [3.8, 4) is 16.9 Å². The molecule has 1 aliphatic rings. The van der Waals surface area contributed by atoms with Crippen LogP contribution in [0.4, 0.5) is 5.82 Å². The van der Waals surface area contributed by atoms with E-state index in [0.29, 0.717) is 12.5 Å². The fourth-order valence-electron chi connectivity index (χ4n) is 5.40. The van der Waals surface area contributed by atoms with Gasteiger partial charge in [-0.05, 0) is 29.9 Å². The molecule has 1 fully saturated rings. The van der Waals surface area contributed by atoms with E-state index < -0.39 is 0 Å². The maximum Gasteiger partial charge on any atom is 0.165 e. The molecule has 6 heteroatoms. The summed E-state index contributed by atoms with van der Waals surface area (Å²) < 4.78 is 8.27. The highest BCUT2D eigenvalue weighted by molar-refractivity contribution is 5.88. The summed E-state index contributed by atoms with van der Waals surface area (Å²) in [5.74, 6) is 2.44. The second kappa shape index (κ2) is 10.5. The molecule has 1 saturated heterocycles. The van der Waals surface area contributed by atoms with Gasteiger partial charge in [0.25, 0.3) is 0 Å². The van der Waals surface area contributed by atoms with Gasteiger partial charge in [0.15, 0.2) is 5.65 Å². The third-order valence-corrected chi connectivity index (χ3v) is 7.53. The molecule has 0 unspecified atom stereocenters. The molecule has 0 bridgehead atoms. The Morgan fingerprint density at radius 2 is 1.61 bits per heavy atom. The topological polar surface area (TPSA) is 45.9 Å². The van der Waals surface area contributed by atoms with Gasteiger partial charge in [0.05, 0.1) is 5.69 Å². The molecule has 0 N–H and O–H groups in total. The number of aryl methyl sites for hydroxylation is 1. The molecule has 1 aliphatic heterocycles. The van der Waals surface area contributed by atoms with Crippen LogP contribution in [0.5, 0.6) is 5.75 Å². The van der Waals surface area contributed by atoms with Gasteiger partial charge in [-0.25, -0.2) is 4.98 Å². The molecule has 2 aromatic heterocycles. The second-order valence-electron chi connectivity index (χ2n) is 10.4. The number of piperazine rings is 1. The Labute approximate surface area is 224 Å². The van der Waals surface area contributed by atoms with E-state index in [0.717, 1.165) is 72.5 Å². The maximum absolute atomic E-state index is 6.21. The number of aromatic nitrogens is 3. The third kappa shape index (κ3) is 4.72. The summed E-state index contributed by atoms with van der Waals surface area (Å²) in [6.45, 7) is 12.0. The van der Waals surface area contributed by atoms with Gasteiger partial charge in [0.1, 0.15) is 18.2 Å². The quantitative estimate of drug-likeness (QED) is 0.264. The van der Waals surface area contributed by atoms with Crippen LogP contribution in [0.15, 0.2) is 78.9 Å². The van der Waals surface area contributed by atoms with E-state index in [1.165, 1.54) is 10.8 Å². The summed E-state index contributed by atoms with van der Waals surface area (Å²) in [5, 5.41) is 7.36. The van der Waals surface area contributed by atoms with Gasteiger partial charge in [-0.1, -0.05) is 80.6 Å². The van der Waals surface area contributed by atoms with E-state index in [1.54, 1.807) is 0 Å². The lowest BCUT2D eigenvalue weighted by molar-refractivity contribution is 0.201. The van der Waals surface area contributed by atoms with Crippen molar-refractivity contribution >= 4 is 22.2 Å². The summed E-state index contributed by atoms with van der Waals surface area (Å²) in [6.07, 6.45) is 0. The first-order valence-corrected chi connectivity index (χ1v) is 13.6. The minimum Gasteiger partial charge on any atom is -0.492 e. The Hall–Kier alpha value is -3.90. The van der Waals surface area contributed by atoms with E-state index in [2.05, 4.69) is 114 Å². The number of benzene rings is 3. The molecule has 3 heterocycles. The Kier molecular flexibility index (Phi) is 6.73. The molecule has 0 saturated carbocycles. The minimum absolute atomic E-state index is 0.338. The van der Waals surface area contributed by atoms with Crippen molar-refractivity contribution in [1.29, 1.82) is 0 Å². The Bertz CT molecular complexity index is 1550. The first-order chi connectivity index (χ1) is 18.6. The van der Waals surface area contributed by atoms with E-state index >= 15 is 0 Å². The van der Waals surface area contributed by atoms with Crippen LogP contribution in [-0.4, -0.2) is 58.8 Å². The lowest BCUT2D eigenvalue weighted by Crippen LogP contribution is -2.48. The van der Waals surface area contributed by atoms with Crippen molar-refractivity contribution in [1.82, 2.24) is 19.5 Å². The van der Waals surface area contributed by atoms with Crippen LogP contribution >= 0.6 is 0 Å². The Balaban J connectivity index is 1.18. The lowest BCUT2D eigenvalue weighted by Gasteiger charge is -2.36. The molecule has 0 spiro atoms. The van der Waals surface area contributed by atoms with Gasteiger partial charge in [-0.3, -0.25) is 4.90 Å². The highest BCUT2D eigenvalue weighted by Crippen LogP contribution is 2.32. The molecule has 38 heavy (non-hydrogen) atoms. The number of anilines is 1. The fraction of sp³-hybridized carbons (Fsp3) is 0.312. The summed E-state index contributed by atoms with van der Waals surface area (Å²) >= 11 is 0. The summed E-state index contributed by atoms with van der Waals surface area (Å²) in [4.78, 5) is 10.0. The number of rotatable bonds is 7. The monoisotopic (exact) mass is 505 g/mol. The van der Waals surface area contributed by atoms with Crippen LogP contribution in [0, 0.1) is 6.92 Å². The van der Waals surface area contributed by atoms with Crippen LogP contribution in [-0.2, 0) is 0 Å². The molecule has 5 aromatic rings. The van der Waals surface area contributed by atoms with E-state index in [1.807, 2.05) is 0 Å². The Morgan fingerprint density at radius 1 is 0.868 bits per heavy atom. The van der Waals surface area contributed by atoms with E-state index in [-0.39, 0.29) is 0 Å². The van der Waals surface area contributed by atoms with Gasteiger partial charge in [0.2, 0.25) is 0 Å². The van der Waals surface area contributed by atoms with Gasteiger partial charge in [-0.15, -0.1) is 0 Å². The van der Waals surface area contributed by atoms with Crippen molar-refractivity contribution in [2.75, 3.05) is 44.2 Å². The zero-order valence-electron chi connectivity index (χ0n) is 22.5. The van der Waals surface area contributed by atoms with Crippen LogP contribution < -0.4 is 9.64 Å². The van der Waals surface area contributed by atoms with Crippen molar-refractivity contribution < 1.29 is 4.74 Å². The lowest BCUT2D eigenvalue weighted by atomic mass is 10.1. The predicted octanol–water partition coefficient (Wildman–Crippen LogP) is 6.18. The number of fused-ring (bicyclic) bond motifs is 2. The average molecular weight is 506 g/mol. The largest absolute Gasteiger partial charge is 0.492 e. The standard InChI is InChI=1S/C32H35N5O/c1-23(2)28-22-30(37-32(33-28)31(24(3)34-37)26-11-5-4-6-12-26)36-18-16-35(17-19-36)20-21-38-29-15-9-13-25-10-7-8-14-27(25)29/h4-15,22-23H,16-21H2,1-3H3. The van der Waals surface area contributed by atoms with Crippen LogP contribution in [0.2, 0.25) is 0 Å². The van der Waals surface area contributed by atoms with E-state index in [9.17, 15) is 0 Å². The highest BCUT2D eigenvalue weighted by Gasteiger charge is 2.23. The molecule has 0 aliphatic carbocycles. The molecule has 3 aromatic carbocycles. The average Bonchev–Trinajstić information content (AvgIpc) is 3.29. The first-order valence-electron chi connectivity index (χ1n) is 13.6. The summed E-state index contributed by atoms with van der Waals surface area (Å²) in [7, 11) is 0. The second-order valence-corrected chi connectivity index (χ2v) is 10.4. The van der Waals surface area contributed by atoms with E-state index in [4.69, 9.17) is 14.8 Å². The molecule has 194 valence electrons. The van der Waals surface area contributed by atoms with Gasteiger partial charge < -0.3 is 9.64 Å². The fourth-order valence-corrected chi connectivity index (χ4v) is 5.40. The van der Waals surface area contributed by atoms with Crippen molar-refractivity contribution in [2.24, 2.45) is 0 Å². The predicted molar refractivity (Wildman–Crippen MR) is 155 cm³/mol. The van der Waals surface area contributed by atoms with Crippen molar-refractivity contribution in [2.45, 2.75) is 26.7 Å². The highest BCUT2D eigenvalue weighted by atomic mass is 16.5. The molecular formula is C32H35N5O. The zero-order chi connectivity index (χ0) is 26.1. The zero-order valence-corrected chi connectivity index (χ0v) is 22.5. The first kappa shape index (κ1) is 24.4. The van der Waals surface area contributed by atoms with Gasteiger partial charge in [-0.2, -0.15) is 9.61 Å². The smallest absolute Gasteiger partial charge is 0.165 e. The number of nitrogens with zero attached hydrogens (tertiary/aromatic N) is 5. The summed E-state index contributed by atoms with van der Waals surface area (Å²) in [6, 6.07) is 27.4. The third-order valence-electron chi connectivity index (χ3n) is 7.53. The summed E-state index contributed by atoms with van der Waals surface area (Å²) in [5.41, 5.74) is 5.35.